The number of benzene rings is 1. The normalized spacial score (nSPS) is 12.6. The highest BCUT2D eigenvalue weighted by molar-refractivity contribution is 9.11. The van der Waals surface area contributed by atoms with Crippen molar-refractivity contribution in [3.8, 4) is 0 Å². The molecule has 0 bridgehead atoms. The highest BCUT2D eigenvalue weighted by atomic mass is 79.9. The van der Waals surface area contributed by atoms with Crippen molar-refractivity contribution in [1.82, 2.24) is 5.32 Å². The first kappa shape index (κ1) is 13.8. The van der Waals surface area contributed by atoms with Crippen molar-refractivity contribution in [1.29, 1.82) is 0 Å². The number of rotatable bonds is 5. The highest BCUT2D eigenvalue weighted by Crippen LogP contribution is 2.29. The van der Waals surface area contributed by atoms with Crippen molar-refractivity contribution in [3.05, 3.63) is 56.2 Å². The van der Waals surface area contributed by atoms with Crippen molar-refractivity contribution >= 4 is 27.3 Å². The molecule has 0 radical (unpaired) electrons. The third-order valence-electron chi connectivity index (χ3n) is 2.89. The first-order valence-electron chi connectivity index (χ1n) is 6.24. The Balaban J connectivity index is 2.30. The Morgan fingerprint density at radius 3 is 2.72 bits per heavy atom. The van der Waals surface area contributed by atoms with Crippen molar-refractivity contribution in [2.24, 2.45) is 0 Å². The molecule has 1 heterocycles. The molecule has 0 aliphatic rings. The summed E-state index contributed by atoms with van der Waals surface area (Å²) in [6.07, 6.45) is 1.15. The van der Waals surface area contributed by atoms with Gasteiger partial charge in [0, 0.05) is 0 Å². The van der Waals surface area contributed by atoms with Crippen LogP contribution in [0.2, 0.25) is 0 Å². The summed E-state index contributed by atoms with van der Waals surface area (Å²) >= 11 is 5.29. The number of hydrogen-bond acceptors (Lipinski definition) is 2. The van der Waals surface area contributed by atoms with Crippen LogP contribution in [0.1, 0.15) is 36.1 Å². The molecule has 0 aliphatic carbocycles. The van der Waals surface area contributed by atoms with E-state index in [2.05, 4.69) is 70.8 Å². The van der Waals surface area contributed by atoms with Crippen LogP contribution in [0, 0.1) is 6.92 Å². The van der Waals surface area contributed by atoms with Crippen molar-refractivity contribution in [2.45, 2.75) is 26.3 Å². The second kappa shape index (κ2) is 6.50. The van der Waals surface area contributed by atoms with Gasteiger partial charge in [0.1, 0.15) is 0 Å². The fraction of sp³-hybridized carbons (Fsp3) is 0.333. The Morgan fingerprint density at radius 1 is 1.28 bits per heavy atom. The Labute approximate surface area is 121 Å². The highest BCUT2D eigenvalue weighted by Gasteiger charge is 2.14. The predicted molar refractivity (Wildman–Crippen MR) is 83.3 cm³/mol. The van der Waals surface area contributed by atoms with E-state index < -0.39 is 0 Å². The van der Waals surface area contributed by atoms with E-state index in [1.807, 2.05) is 0 Å². The summed E-state index contributed by atoms with van der Waals surface area (Å²) in [5.41, 5.74) is 3.99. The molecule has 1 N–H and O–H groups in total. The van der Waals surface area contributed by atoms with Crippen LogP contribution in [-0.2, 0) is 0 Å². The lowest BCUT2D eigenvalue weighted by molar-refractivity contribution is 0.599. The van der Waals surface area contributed by atoms with E-state index in [0.717, 1.165) is 13.0 Å². The van der Waals surface area contributed by atoms with Gasteiger partial charge in [-0.05, 0) is 58.4 Å². The minimum absolute atomic E-state index is 0.299. The molecular weight excluding hydrogens is 306 g/mol. The first-order valence-corrected chi connectivity index (χ1v) is 7.92. The van der Waals surface area contributed by atoms with E-state index in [1.165, 1.54) is 20.5 Å². The average Bonchev–Trinajstić information content (AvgIpc) is 2.76. The predicted octanol–water partition coefficient (Wildman–Crippen LogP) is 4.91. The largest absolute Gasteiger partial charge is 0.306 e. The van der Waals surface area contributed by atoms with Crippen LogP contribution in [-0.4, -0.2) is 6.54 Å². The topological polar surface area (TPSA) is 12.0 Å². The molecule has 2 rings (SSSR count). The second-order valence-electron chi connectivity index (χ2n) is 4.49. The maximum atomic E-state index is 3.63. The molecule has 1 aromatic carbocycles. The lowest BCUT2D eigenvalue weighted by Crippen LogP contribution is -2.22. The Hall–Kier alpha value is -0.640. The lowest BCUT2D eigenvalue weighted by Gasteiger charge is -2.18. The lowest BCUT2D eigenvalue weighted by atomic mass is 9.99. The molecule has 3 heteroatoms. The smallest absolute Gasteiger partial charge is 0.0701 e. The molecule has 0 spiro atoms. The van der Waals surface area contributed by atoms with Crippen LogP contribution in [0.15, 0.2) is 39.5 Å². The van der Waals surface area contributed by atoms with Gasteiger partial charge >= 0.3 is 0 Å². The molecule has 18 heavy (non-hydrogen) atoms. The van der Waals surface area contributed by atoms with Crippen molar-refractivity contribution in [2.75, 3.05) is 6.54 Å². The van der Waals surface area contributed by atoms with Crippen LogP contribution in [0.3, 0.4) is 0 Å². The van der Waals surface area contributed by atoms with E-state index in [-0.39, 0.29) is 0 Å². The van der Waals surface area contributed by atoms with Crippen LogP contribution < -0.4 is 5.32 Å². The minimum atomic E-state index is 0.299. The molecule has 1 unspecified atom stereocenters. The number of hydrogen-bond donors (Lipinski definition) is 1. The molecular formula is C15H18BrNS. The average molecular weight is 324 g/mol. The number of halogens is 1. The molecule has 1 nitrogen and oxygen atoms in total. The van der Waals surface area contributed by atoms with E-state index in [9.17, 15) is 0 Å². The maximum absolute atomic E-state index is 3.63. The Morgan fingerprint density at radius 2 is 2.11 bits per heavy atom. The zero-order valence-electron chi connectivity index (χ0n) is 10.7. The van der Waals surface area contributed by atoms with E-state index in [4.69, 9.17) is 0 Å². The number of nitrogens with one attached hydrogen (secondary N) is 1. The Kier molecular flexibility index (Phi) is 4.98. The molecule has 0 fully saturated rings. The summed E-state index contributed by atoms with van der Waals surface area (Å²) in [7, 11) is 0. The molecule has 0 saturated carbocycles. The summed E-state index contributed by atoms with van der Waals surface area (Å²) < 4.78 is 1.19. The number of aryl methyl sites for hydroxylation is 1. The van der Waals surface area contributed by atoms with Gasteiger partial charge in [0.25, 0.3) is 0 Å². The summed E-state index contributed by atoms with van der Waals surface area (Å²) in [5.74, 6) is 0. The Bertz CT molecular complexity index is 507. The zero-order chi connectivity index (χ0) is 13.0. The standard InChI is InChI=1S/C15H18BrNS/c1-3-7-17-15(13-9-14(16)18-10-13)12-6-4-5-11(2)8-12/h4-6,8-10,15,17H,3,7H2,1-2H3. The summed E-state index contributed by atoms with van der Waals surface area (Å²) in [6, 6.07) is 11.2. The maximum Gasteiger partial charge on any atom is 0.0701 e. The van der Waals surface area contributed by atoms with Crippen LogP contribution >= 0.6 is 27.3 Å². The summed E-state index contributed by atoms with van der Waals surface area (Å²) in [4.78, 5) is 0. The van der Waals surface area contributed by atoms with Gasteiger partial charge in [0.05, 0.1) is 9.83 Å². The quantitative estimate of drug-likeness (QED) is 0.824. The molecule has 0 aliphatic heterocycles. The molecule has 0 amide bonds. The van der Waals surface area contributed by atoms with Crippen LogP contribution in [0.4, 0.5) is 0 Å². The third-order valence-corrected chi connectivity index (χ3v) is 4.42. The van der Waals surface area contributed by atoms with Gasteiger partial charge < -0.3 is 5.32 Å². The third kappa shape index (κ3) is 3.44. The van der Waals surface area contributed by atoms with Crippen LogP contribution in [0.5, 0.6) is 0 Å². The summed E-state index contributed by atoms with van der Waals surface area (Å²) in [6.45, 7) is 5.37. The van der Waals surface area contributed by atoms with Gasteiger partial charge in [-0.3, -0.25) is 0 Å². The number of thiophene rings is 1. The van der Waals surface area contributed by atoms with Gasteiger partial charge in [-0.25, -0.2) is 0 Å². The second-order valence-corrected chi connectivity index (χ2v) is 6.78. The zero-order valence-corrected chi connectivity index (χ0v) is 13.1. The van der Waals surface area contributed by atoms with Crippen molar-refractivity contribution < 1.29 is 0 Å². The molecule has 1 atom stereocenters. The summed E-state index contributed by atoms with van der Waals surface area (Å²) in [5, 5.41) is 5.85. The fourth-order valence-corrected chi connectivity index (χ4v) is 3.24. The van der Waals surface area contributed by atoms with Gasteiger partial charge in [-0.1, -0.05) is 36.8 Å². The fourth-order valence-electron chi connectivity index (χ4n) is 2.04. The SMILES string of the molecule is CCCNC(c1cccc(C)c1)c1csc(Br)c1. The molecule has 1 aromatic heterocycles. The first-order chi connectivity index (χ1) is 8.70. The van der Waals surface area contributed by atoms with Gasteiger partial charge in [-0.15, -0.1) is 11.3 Å². The molecule has 0 saturated heterocycles. The molecule has 2 aromatic rings. The van der Waals surface area contributed by atoms with Crippen molar-refractivity contribution in [3.63, 3.8) is 0 Å². The minimum Gasteiger partial charge on any atom is -0.306 e. The monoisotopic (exact) mass is 323 g/mol. The van der Waals surface area contributed by atoms with Crippen LogP contribution in [0.25, 0.3) is 0 Å². The van der Waals surface area contributed by atoms with E-state index >= 15 is 0 Å². The van der Waals surface area contributed by atoms with Gasteiger partial charge in [0.2, 0.25) is 0 Å². The molecule has 96 valence electrons. The van der Waals surface area contributed by atoms with E-state index in [1.54, 1.807) is 11.3 Å². The van der Waals surface area contributed by atoms with E-state index in [0.29, 0.717) is 6.04 Å². The van der Waals surface area contributed by atoms with Gasteiger partial charge in [0.15, 0.2) is 0 Å². The van der Waals surface area contributed by atoms with Gasteiger partial charge in [-0.2, -0.15) is 0 Å².